The maximum Gasteiger partial charge on any atom is 0.0462 e. The quantitative estimate of drug-likeness (QED) is 0.0891. The van der Waals surface area contributed by atoms with E-state index in [0.29, 0.717) is 0 Å². The van der Waals surface area contributed by atoms with Gasteiger partial charge in [0.15, 0.2) is 0 Å². The Morgan fingerprint density at radius 3 is 0.724 bits per heavy atom. The fraction of sp³-hybridized carbons (Fsp3) is 0. The van der Waals surface area contributed by atoms with Crippen molar-refractivity contribution in [2.45, 2.75) is 0 Å². The van der Waals surface area contributed by atoms with Crippen molar-refractivity contribution in [2.75, 3.05) is 9.80 Å². The minimum absolute atomic E-state index is 1.09. The molecule has 0 fully saturated rings. The highest BCUT2D eigenvalue weighted by molar-refractivity contribution is 5.93. The minimum Gasteiger partial charge on any atom is -0.311 e. The van der Waals surface area contributed by atoms with Crippen molar-refractivity contribution in [3.05, 3.63) is 359 Å². The SMILES string of the molecule is C(=Cc1cccc(C=Cc2ccc(N(c3ccccc3)c3ccc(C=C(c4ccccc4)c4ccccc4)cc3)cc2)c1)c1ccc(N(c2ccccc2)c2ccc(C=C(c3ccccc3)c3ccccc3)cc2)cc1. The van der Waals surface area contributed by atoms with Gasteiger partial charge in [0, 0.05) is 34.1 Å². The van der Waals surface area contributed by atoms with E-state index in [1.807, 2.05) is 0 Å². The van der Waals surface area contributed by atoms with Crippen LogP contribution in [-0.2, 0) is 0 Å². The van der Waals surface area contributed by atoms with Crippen molar-refractivity contribution in [2.24, 2.45) is 0 Å². The Labute approximate surface area is 448 Å². The molecular weight excluding hydrogens is 917 g/mol. The Bertz CT molecular complexity index is 3380. The van der Waals surface area contributed by atoms with E-state index in [1.165, 1.54) is 33.4 Å². The van der Waals surface area contributed by atoms with Crippen LogP contribution in [0.3, 0.4) is 0 Å². The van der Waals surface area contributed by atoms with Crippen molar-refractivity contribution >= 4 is 81.7 Å². The van der Waals surface area contributed by atoms with Gasteiger partial charge in [-0.1, -0.05) is 249 Å². The molecule has 0 aliphatic heterocycles. The van der Waals surface area contributed by atoms with E-state index in [1.54, 1.807) is 0 Å². The molecule has 0 radical (unpaired) electrons. The number of hydrogen-bond donors (Lipinski definition) is 0. The first-order chi connectivity index (χ1) is 37.7. The van der Waals surface area contributed by atoms with Crippen LogP contribution < -0.4 is 9.80 Å². The van der Waals surface area contributed by atoms with E-state index >= 15 is 0 Å². The fourth-order valence-electron chi connectivity index (χ4n) is 9.58. The minimum atomic E-state index is 1.09. The summed E-state index contributed by atoms with van der Waals surface area (Å²) >= 11 is 0. The molecule has 2 nitrogen and oxygen atoms in total. The summed E-state index contributed by atoms with van der Waals surface area (Å²) in [5.41, 5.74) is 20.5. The molecule has 0 amide bonds. The summed E-state index contributed by atoms with van der Waals surface area (Å²) in [5.74, 6) is 0. The molecule has 0 aliphatic rings. The number of nitrogens with zero attached hydrogens (tertiary/aromatic N) is 2. The van der Waals surface area contributed by atoms with E-state index in [2.05, 4.69) is 350 Å². The zero-order chi connectivity index (χ0) is 51.1. The number of rotatable bonds is 16. The highest BCUT2D eigenvalue weighted by Gasteiger charge is 2.15. The third-order valence-electron chi connectivity index (χ3n) is 13.4. The summed E-state index contributed by atoms with van der Waals surface area (Å²) in [7, 11) is 0. The molecule has 0 bridgehead atoms. The molecule has 0 aliphatic carbocycles. The first kappa shape index (κ1) is 48.3. The van der Waals surface area contributed by atoms with Crippen LogP contribution in [0.15, 0.2) is 303 Å². The van der Waals surface area contributed by atoms with Gasteiger partial charge in [-0.05, 0) is 158 Å². The lowest BCUT2D eigenvalue weighted by atomic mass is 9.95. The summed E-state index contributed by atoms with van der Waals surface area (Å²) < 4.78 is 0. The normalized spacial score (nSPS) is 11.1. The second kappa shape index (κ2) is 23.7. The molecule has 362 valence electrons. The second-order valence-electron chi connectivity index (χ2n) is 18.6. The van der Waals surface area contributed by atoms with Crippen LogP contribution in [0.25, 0.3) is 47.6 Å². The lowest BCUT2D eigenvalue weighted by Crippen LogP contribution is -2.09. The predicted molar refractivity (Wildman–Crippen MR) is 326 cm³/mol. The molecule has 11 aromatic rings. The van der Waals surface area contributed by atoms with Gasteiger partial charge >= 0.3 is 0 Å². The largest absolute Gasteiger partial charge is 0.311 e. The Balaban J connectivity index is 0.779. The van der Waals surface area contributed by atoms with Crippen LogP contribution in [0.4, 0.5) is 34.1 Å². The molecule has 0 N–H and O–H groups in total. The summed E-state index contributed by atoms with van der Waals surface area (Å²) in [6.45, 7) is 0. The Morgan fingerprint density at radius 1 is 0.197 bits per heavy atom. The molecule has 11 rings (SSSR count). The second-order valence-corrected chi connectivity index (χ2v) is 18.6. The summed E-state index contributed by atoms with van der Waals surface area (Å²) in [4.78, 5) is 4.62. The Hall–Kier alpha value is -10.0. The van der Waals surface area contributed by atoms with Crippen molar-refractivity contribution in [3.8, 4) is 0 Å². The van der Waals surface area contributed by atoms with Crippen molar-refractivity contribution < 1.29 is 0 Å². The average Bonchev–Trinajstić information content (AvgIpc) is 3.50. The summed E-state index contributed by atoms with van der Waals surface area (Å²) in [6, 6.07) is 108. The van der Waals surface area contributed by atoms with Gasteiger partial charge in [0.1, 0.15) is 0 Å². The number of anilines is 6. The summed E-state index contributed by atoms with van der Waals surface area (Å²) in [6.07, 6.45) is 13.3. The number of benzene rings is 11. The monoisotopic (exact) mass is 972 g/mol. The van der Waals surface area contributed by atoms with Gasteiger partial charge in [-0.2, -0.15) is 0 Å². The highest BCUT2D eigenvalue weighted by Crippen LogP contribution is 2.38. The van der Waals surface area contributed by atoms with E-state index in [9.17, 15) is 0 Å². The smallest absolute Gasteiger partial charge is 0.0462 e. The van der Waals surface area contributed by atoms with Gasteiger partial charge in [0.05, 0.1) is 0 Å². The van der Waals surface area contributed by atoms with Gasteiger partial charge in [-0.15, -0.1) is 0 Å². The third-order valence-corrected chi connectivity index (χ3v) is 13.4. The molecule has 0 unspecified atom stereocenters. The molecule has 0 saturated carbocycles. The van der Waals surface area contributed by atoms with Gasteiger partial charge in [0.2, 0.25) is 0 Å². The van der Waals surface area contributed by atoms with Crippen LogP contribution in [0.5, 0.6) is 0 Å². The van der Waals surface area contributed by atoms with E-state index in [0.717, 1.165) is 67.5 Å². The summed E-state index contributed by atoms with van der Waals surface area (Å²) in [5, 5.41) is 0. The Morgan fingerprint density at radius 2 is 0.434 bits per heavy atom. The standard InChI is InChI=1S/C74H56N2/c1-7-22-63(23-8-1)73(64-24-9-2-10-25-64)55-61-42-50-71(51-43-61)75(67-30-15-5-16-31-67)69-46-38-57(39-47-69)34-36-59-20-19-21-60(54-59)37-35-58-40-48-70(49-41-58)76(68-32-17-6-18-33-68)72-52-44-62(45-53-72)56-74(65-26-11-3-12-27-65)66-28-13-4-14-29-66/h1-56H. The van der Waals surface area contributed by atoms with Gasteiger partial charge in [-0.25, -0.2) is 0 Å². The lowest BCUT2D eigenvalue weighted by Gasteiger charge is -2.25. The topological polar surface area (TPSA) is 6.48 Å². The van der Waals surface area contributed by atoms with E-state index in [4.69, 9.17) is 0 Å². The van der Waals surface area contributed by atoms with Crippen LogP contribution in [0, 0.1) is 0 Å². The number of para-hydroxylation sites is 2. The van der Waals surface area contributed by atoms with Crippen molar-refractivity contribution in [3.63, 3.8) is 0 Å². The molecule has 0 aromatic heterocycles. The lowest BCUT2D eigenvalue weighted by molar-refractivity contribution is 1.28. The highest BCUT2D eigenvalue weighted by atomic mass is 15.1. The molecule has 0 heterocycles. The molecule has 0 saturated heterocycles. The molecule has 0 atom stereocenters. The third kappa shape index (κ3) is 11.9. The van der Waals surface area contributed by atoms with Crippen LogP contribution in [-0.4, -0.2) is 0 Å². The first-order valence-electron chi connectivity index (χ1n) is 25.9. The first-order valence-corrected chi connectivity index (χ1v) is 25.9. The fourth-order valence-corrected chi connectivity index (χ4v) is 9.58. The van der Waals surface area contributed by atoms with Crippen molar-refractivity contribution in [1.82, 2.24) is 0 Å². The maximum atomic E-state index is 2.31. The van der Waals surface area contributed by atoms with Gasteiger partial charge < -0.3 is 9.80 Å². The van der Waals surface area contributed by atoms with Gasteiger partial charge in [-0.3, -0.25) is 0 Å². The van der Waals surface area contributed by atoms with Crippen LogP contribution in [0.2, 0.25) is 0 Å². The molecule has 2 heteroatoms. The average molecular weight is 973 g/mol. The molecule has 11 aromatic carbocycles. The zero-order valence-corrected chi connectivity index (χ0v) is 42.2. The molecular formula is C74H56N2. The molecule has 76 heavy (non-hydrogen) atoms. The van der Waals surface area contributed by atoms with E-state index in [-0.39, 0.29) is 0 Å². The van der Waals surface area contributed by atoms with E-state index < -0.39 is 0 Å². The number of hydrogen-bond acceptors (Lipinski definition) is 2. The van der Waals surface area contributed by atoms with Crippen LogP contribution >= 0.6 is 0 Å². The predicted octanol–water partition coefficient (Wildman–Crippen LogP) is 20.1. The van der Waals surface area contributed by atoms with Crippen molar-refractivity contribution in [1.29, 1.82) is 0 Å². The van der Waals surface area contributed by atoms with Gasteiger partial charge in [0.25, 0.3) is 0 Å². The maximum absolute atomic E-state index is 2.31. The molecule has 0 spiro atoms. The Kier molecular flexibility index (Phi) is 15.0. The zero-order valence-electron chi connectivity index (χ0n) is 42.2. The van der Waals surface area contributed by atoms with Crippen LogP contribution in [0.1, 0.15) is 55.6 Å².